The standard InChI is InChI=1S/C12H22N2O3S.C6H10.H2/c1-10-4-7-14(8-5-10)12(15)13-11(2)6-9-18(3,16)17;1-2-4-6-5-3-1;/h6,9-11H,4-5,7-8H2,1-3H3,(H,13,15);1-2H,3-6H2;1H/b9-6+;;/t11-;;/m0../s1. The number of nitrogens with one attached hydrogen (secondary N) is 1. The average Bonchev–Trinajstić information content (AvgIpc) is 2.55. The van der Waals surface area contributed by atoms with Gasteiger partial charge < -0.3 is 10.2 Å². The van der Waals surface area contributed by atoms with E-state index in [9.17, 15) is 13.2 Å². The van der Waals surface area contributed by atoms with Gasteiger partial charge in [0.05, 0.1) is 0 Å². The highest BCUT2D eigenvalue weighted by Crippen LogP contribution is 2.15. The second-order valence-corrected chi connectivity index (χ2v) is 8.75. The fourth-order valence-corrected chi connectivity index (χ4v) is 3.09. The molecule has 1 N–H and O–H groups in total. The van der Waals surface area contributed by atoms with Gasteiger partial charge in [0.1, 0.15) is 0 Å². The Morgan fingerprint density at radius 2 is 1.79 bits per heavy atom. The Bertz CT molecular complexity index is 531. The van der Waals surface area contributed by atoms with E-state index in [2.05, 4.69) is 24.4 Å². The monoisotopic (exact) mass is 358 g/mol. The lowest BCUT2D eigenvalue weighted by atomic mass is 10.00. The minimum Gasteiger partial charge on any atom is -0.332 e. The Morgan fingerprint density at radius 1 is 1.25 bits per heavy atom. The first-order chi connectivity index (χ1) is 11.3. The van der Waals surface area contributed by atoms with Gasteiger partial charge in [0.2, 0.25) is 0 Å². The van der Waals surface area contributed by atoms with Crippen molar-refractivity contribution in [3.8, 4) is 0 Å². The van der Waals surface area contributed by atoms with E-state index in [1.54, 1.807) is 11.8 Å². The third kappa shape index (κ3) is 9.75. The lowest BCUT2D eigenvalue weighted by Gasteiger charge is -2.31. The molecule has 5 nitrogen and oxygen atoms in total. The molecule has 1 fully saturated rings. The van der Waals surface area contributed by atoms with Crippen molar-refractivity contribution in [1.82, 2.24) is 10.2 Å². The SMILES string of the molecule is C1=CCCCC1.CC1CCN(C(=O)N[C@@H](C)/C=C/S(C)(=O)=O)CC1.[HH]. The first-order valence-electron chi connectivity index (χ1n) is 8.86. The topological polar surface area (TPSA) is 66.5 Å². The molecule has 0 radical (unpaired) electrons. The molecule has 0 saturated carbocycles. The molecule has 2 amide bonds. The summed E-state index contributed by atoms with van der Waals surface area (Å²) >= 11 is 0. The molecule has 0 aromatic rings. The van der Waals surface area contributed by atoms with Gasteiger partial charge in [-0.3, -0.25) is 0 Å². The van der Waals surface area contributed by atoms with Crippen LogP contribution in [0.25, 0.3) is 0 Å². The fraction of sp³-hybridized carbons (Fsp3) is 0.722. The average molecular weight is 359 g/mol. The lowest BCUT2D eigenvalue weighted by Crippen LogP contribution is -2.46. The Balaban J connectivity index is 0.000000693. The largest absolute Gasteiger partial charge is 0.332 e. The van der Waals surface area contributed by atoms with Gasteiger partial charge in [0, 0.05) is 32.2 Å². The van der Waals surface area contributed by atoms with Crippen LogP contribution >= 0.6 is 0 Å². The molecule has 2 rings (SSSR count). The van der Waals surface area contributed by atoms with Crippen LogP contribution in [0.1, 0.15) is 53.8 Å². The molecule has 0 bridgehead atoms. The summed E-state index contributed by atoms with van der Waals surface area (Å²) in [6.45, 7) is 5.49. The molecular weight excluding hydrogens is 324 g/mol. The number of nitrogens with zero attached hydrogens (tertiary/aromatic N) is 1. The van der Waals surface area contributed by atoms with Gasteiger partial charge in [-0.2, -0.15) is 0 Å². The second-order valence-electron chi connectivity index (χ2n) is 6.82. The number of hydrogen-bond acceptors (Lipinski definition) is 3. The van der Waals surface area contributed by atoms with Crippen LogP contribution in [0.4, 0.5) is 4.79 Å². The molecule has 0 aromatic heterocycles. The van der Waals surface area contributed by atoms with E-state index in [4.69, 9.17) is 0 Å². The predicted octanol–water partition coefficient (Wildman–Crippen LogP) is 3.74. The number of urea groups is 1. The summed E-state index contributed by atoms with van der Waals surface area (Å²) in [6, 6.07) is -0.404. The number of rotatable bonds is 3. The number of piperidine rings is 1. The number of carbonyl (C=O) groups is 1. The van der Waals surface area contributed by atoms with Gasteiger partial charge in [0.15, 0.2) is 9.84 Å². The third-order valence-electron chi connectivity index (χ3n) is 4.19. The van der Waals surface area contributed by atoms with Crippen LogP contribution < -0.4 is 5.32 Å². The molecule has 24 heavy (non-hydrogen) atoms. The van der Waals surface area contributed by atoms with E-state index in [0.29, 0.717) is 5.92 Å². The van der Waals surface area contributed by atoms with Crippen molar-refractivity contribution < 1.29 is 14.6 Å². The van der Waals surface area contributed by atoms with Gasteiger partial charge in [-0.1, -0.05) is 25.2 Å². The van der Waals surface area contributed by atoms with E-state index in [1.807, 2.05) is 0 Å². The van der Waals surface area contributed by atoms with Crippen LogP contribution in [-0.4, -0.2) is 44.7 Å². The van der Waals surface area contributed by atoms with Gasteiger partial charge >= 0.3 is 6.03 Å². The Hall–Kier alpha value is -1.30. The first kappa shape index (κ1) is 20.7. The van der Waals surface area contributed by atoms with Crippen LogP contribution in [-0.2, 0) is 9.84 Å². The van der Waals surface area contributed by atoms with Crippen LogP contribution in [0.5, 0.6) is 0 Å². The van der Waals surface area contributed by atoms with E-state index < -0.39 is 9.84 Å². The van der Waals surface area contributed by atoms with Crippen molar-refractivity contribution in [3.05, 3.63) is 23.6 Å². The second kappa shape index (κ2) is 10.5. The molecule has 2 aliphatic rings. The van der Waals surface area contributed by atoms with Gasteiger partial charge in [-0.25, -0.2) is 13.2 Å². The molecule has 1 heterocycles. The van der Waals surface area contributed by atoms with Gasteiger partial charge in [-0.15, -0.1) is 0 Å². The highest BCUT2D eigenvalue weighted by molar-refractivity contribution is 7.93. The summed E-state index contributed by atoms with van der Waals surface area (Å²) < 4.78 is 21.9. The minimum absolute atomic E-state index is 0. The molecule has 1 aliphatic carbocycles. The smallest absolute Gasteiger partial charge is 0.317 e. The van der Waals surface area contributed by atoms with Gasteiger partial charge in [0.25, 0.3) is 0 Å². The molecular formula is C18H34N2O3S. The summed E-state index contributed by atoms with van der Waals surface area (Å²) in [4.78, 5) is 13.7. The maximum absolute atomic E-state index is 11.9. The maximum Gasteiger partial charge on any atom is 0.317 e. The summed E-state index contributed by atoms with van der Waals surface area (Å²) in [7, 11) is -3.13. The van der Waals surface area contributed by atoms with Crippen molar-refractivity contribution in [1.29, 1.82) is 0 Å². The van der Waals surface area contributed by atoms with Crippen molar-refractivity contribution >= 4 is 15.9 Å². The van der Waals surface area contributed by atoms with E-state index in [0.717, 1.165) is 37.6 Å². The number of likely N-dealkylation sites (tertiary alicyclic amines) is 1. The Kier molecular flexibility index (Phi) is 9.11. The predicted molar refractivity (Wildman–Crippen MR) is 102 cm³/mol. The van der Waals surface area contributed by atoms with E-state index >= 15 is 0 Å². The quantitative estimate of drug-likeness (QED) is 0.782. The minimum atomic E-state index is -3.13. The van der Waals surface area contributed by atoms with Crippen molar-refractivity contribution in [2.24, 2.45) is 5.92 Å². The summed E-state index contributed by atoms with van der Waals surface area (Å²) in [5.74, 6) is 0.677. The number of amides is 2. The maximum atomic E-state index is 11.9. The molecule has 1 saturated heterocycles. The molecule has 6 heteroatoms. The zero-order valence-corrected chi connectivity index (χ0v) is 16.0. The van der Waals surface area contributed by atoms with Gasteiger partial charge in [-0.05, 0) is 51.4 Å². The summed E-state index contributed by atoms with van der Waals surface area (Å²) in [5, 5.41) is 3.89. The normalized spacial score (nSPS) is 20.4. The van der Waals surface area contributed by atoms with Crippen LogP contribution in [0.15, 0.2) is 23.6 Å². The van der Waals surface area contributed by atoms with Crippen LogP contribution in [0.2, 0.25) is 0 Å². The van der Waals surface area contributed by atoms with Crippen molar-refractivity contribution in [2.45, 2.75) is 58.4 Å². The fourth-order valence-electron chi connectivity index (χ4n) is 2.57. The molecule has 140 valence electrons. The summed E-state index contributed by atoms with van der Waals surface area (Å²) in [6.07, 6.45) is 14.7. The van der Waals surface area contributed by atoms with Crippen molar-refractivity contribution in [3.63, 3.8) is 0 Å². The number of hydrogen-bond donors (Lipinski definition) is 1. The molecule has 0 unspecified atom stereocenters. The molecule has 1 atom stereocenters. The highest BCUT2D eigenvalue weighted by Gasteiger charge is 2.20. The van der Waals surface area contributed by atoms with Crippen LogP contribution in [0, 0.1) is 5.92 Å². The zero-order chi connectivity index (χ0) is 18.0. The third-order valence-corrected chi connectivity index (χ3v) is 4.85. The number of sulfone groups is 1. The van der Waals surface area contributed by atoms with Crippen molar-refractivity contribution in [2.75, 3.05) is 19.3 Å². The Morgan fingerprint density at radius 3 is 2.21 bits per heavy atom. The van der Waals surface area contributed by atoms with E-state index in [-0.39, 0.29) is 13.5 Å². The molecule has 0 aromatic carbocycles. The van der Waals surface area contributed by atoms with Crippen LogP contribution in [0.3, 0.4) is 0 Å². The highest BCUT2D eigenvalue weighted by atomic mass is 32.2. The first-order valence-corrected chi connectivity index (χ1v) is 10.8. The number of carbonyl (C=O) groups excluding carboxylic acids is 1. The summed E-state index contributed by atoms with van der Waals surface area (Å²) in [5.41, 5.74) is 0. The molecule has 0 spiro atoms. The van der Waals surface area contributed by atoms with E-state index in [1.165, 1.54) is 31.8 Å². The lowest BCUT2D eigenvalue weighted by molar-refractivity contribution is 0.172. The molecule has 1 aliphatic heterocycles. The Labute approximate surface area is 148 Å². The zero-order valence-electron chi connectivity index (χ0n) is 15.2. The number of allylic oxidation sites excluding steroid dienone is 2.